The van der Waals surface area contributed by atoms with E-state index in [9.17, 15) is 20.4 Å². The van der Waals surface area contributed by atoms with Crippen LogP contribution in [-0.4, -0.2) is 71.4 Å². The minimum atomic E-state index is -0.699. The fourth-order valence-electron chi connectivity index (χ4n) is 16.7. The maximum Gasteiger partial charge on any atom is 0.0917 e. The van der Waals surface area contributed by atoms with Gasteiger partial charge < -0.3 is 20.4 Å². The Kier molecular flexibility index (Phi) is 18.5. The highest BCUT2D eigenvalue weighted by Gasteiger charge is 2.59. The van der Waals surface area contributed by atoms with Crippen LogP contribution in [0.1, 0.15) is 214 Å². The zero-order chi connectivity index (χ0) is 62.5. The molecule has 0 spiro atoms. The number of aromatic nitrogens is 10. The molecule has 19 heteroatoms. The van der Waals surface area contributed by atoms with E-state index in [1.807, 2.05) is 60.8 Å². The largest absolute Gasteiger partial charge is 0.388 e. The van der Waals surface area contributed by atoms with Crippen LogP contribution in [0.15, 0.2) is 91.6 Å². The first-order valence-electron chi connectivity index (χ1n) is 32.8. The van der Waals surface area contributed by atoms with Crippen LogP contribution in [0.25, 0.3) is 54.5 Å². The second kappa shape index (κ2) is 26.3. The predicted molar refractivity (Wildman–Crippen MR) is 362 cm³/mol. The summed E-state index contributed by atoms with van der Waals surface area (Å²) in [5.74, 6) is 3.15. The standard InChI is InChI=1S/C16H19ClN2O.2C15H19ClN2O.C14H15ClN2.C11H11ClN2O/c17-12-7-11-9-18-19-14(11)13(8-12)15(20)16-4-1-10(2-5-16)3-6-16;1-15(7-3-2-4-8-15)14(19)12-11(16)6-5-10-9-17-18-13(10)12;16-12-7-11-9-17-18-15(11)13(8-12)14(19)6-10-4-2-1-3-5-10;1-8(14-4-9(5-14)6-14)12-3-11(15)2-10-7-16-17-13(10)12;12-8-4-7-6-13-14-10(7)9(5-8)11(15)2-1-3-11/h7-10,15,20H,1-6H2,(H,18,19);5-6,9,14,19H,2-4,7-8H2,1H3,(H,17,18);7-10,14,19H,1-6H2,(H,17,18);2-3,7-9H,4-6H2,1H3,(H,16,17);4-6,15H,1-3H2,(H,13,14). The minimum Gasteiger partial charge on any atom is -0.388 e. The SMILES string of the molecule is CC(c1cc(Cl)cc2cn[nH]c12)C12CC(C1)C2.CC1(C(O)c2c(Cl)ccc3cn[nH]c23)CCCCC1.OC(CC1CCCCC1)c1cc(Cl)cc2cn[nH]c12.OC(c1cc(Cl)cc2cn[nH]c12)C12CCC(CC1)CC2.OC1(c2cc(Cl)cc3cn[nH]c23)CCC1. The Labute approximate surface area is 550 Å². The predicted octanol–water partition coefficient (Wildman–Crippen LogP) is 19.4. The van der Waals surface area contributed by atoms with Crippen molar-refractivity contribution in [2.75, 3.05) is 0 Å². The molecule has 9 N–H and O–H groups in total. The van der Waals surface area contributed by atoms with Crippen molar-refractivity contribution >= 4 is 113 Å². The summed E-state index contributed by atoms with van der Waals surface area (Å²) in [6, 6.07) is 19.1. The van der Waals surface area contributed by atoms with Crippen molar-refractivity contribution < 1.29 is 20.4 Å². The normalized spacial score (nSPS) is 24.4. The van der Waals surface area contributed by atoms with Gasteiger partial charge in [0.15, 0.2) is 0 Å². The number of halogens is 5. The lowest BCUT2D eigenvalue weighted by Gasteiger charge is -2.65. The van der Waals surface area contributed by atoms with Crippen molar-refractivity contribution in [3.05, 3.63) is 145 Å². The number of aliphatic hydroxyl groups is 4. The van der Waals surface area contributed by atoms with Crippen LogP contribution in [-0.2, 0) is 5.60 Å². The third-order valence-electron chi connectivity index (χ3n) is 22.5. The zero-order valence-electron chi connectivity index (χ0n) is 51.4. The second-order valence-corrected chi connectivity index (χ2v) is 30.3. The lowest BCUT2D eigenvalue weighted by Crippen LogP contribution is -2.54. The van der Waals surface area contributed by atoms with Crippen molar-refractivity contribution in [3.8, 4) is 0 Å². The average molecular weight is 1320 g/mol. The Balaban J connectivity index is 0.000000104. The summed E-state index contributed by atoms with van der Waals surface area (Å²) in [7, 11) is 0. The Hall–Kier alpha value is -5.26. The number of hydrogen-bond acceptors (Lipinski definition) is 9. The molecule has 0 saturated heterocycles. The summed E-state index contributed by atoms with van der Waals surface area (Å²) < 4.78 is 0. The van der Waals surface area contributed by atoms with Crippen molar-refractivity contribution in [2.45, 2.75) is 191 Å². The molecular weight excluding hydrogens is 1230 g/mol. The van der Waals surface area contributed by atoms with Gasteiger partial charge in [-0.25, -0.2) is 0 Å². The van der Waals surface area contributed by atoms with Gasteiger partial charge in [-0.15, -0.1) is 0 Å². The van der Waals surface area contributed by atoms with Crippen LogP contribution in [0.2, 0.25) is 25.1 Å². The molecule has 4 atom stereocenters. The van der Waals surface area contributed by atoms with Crippen molar-refractivity contribution in [2.24, 2.45) is 34.0 Å². The van der Waals surface area contributed by atoms with Gasteiger partial charge in [-0.1, -0.05) is 123 Å². The van der Waals surface area contributed by atoms with Crippen LogP contribution < -0.4 is 0 Å². The Morgan fingerprint density at radius 3 is 1.47 bits per heavy atom. The van der Waals surface area contributed by atoms with Crippen LogP contribution in [0.5, 0.6) is 0 Å². The van der Waals surface area contributed by atoms with E-state index < -0.39 is 23.9 Å². The van der Waals surface area contributed by atoms with Gasteiger partial charge in [0.05, 0.1) is 82.5 Å². The third kappa shape index (κ3) is 12.7. The lowest BCUT2D eigenvalue weighted by atomic mass is 9.40. The first kappa shape index (κ1) is 63.5. The first-order valence-corrected chi connectivity index (χ1v) is 34.7. The molecule has 9 aliphatic carbocycles. The Morgan fingerprint density at radius 2 is 0.933 bits per heavy atom. The molecule has 9 saturated carbocycles. The number of aromatic amines is 5. The molecule has 10 aromatic rings. The quantitative estimate of drug-likeness (QED) is 0.0634. The van der Waals surface area contributed by atoms with Crippen LogP contribution in [0.3, 0.4) is 0 Å². The molecule has 9 fully saturated rings. The fourth-order valence-corrected chi connectivity index (χ4v) is 17.9. The highest BCUT2D eigenvalue weighted by Crippen LogP contribution is 2.70. The second-order valence-electron chi connectivity index (χ2n) is 28.1. The smallest absolute Gasteiger partial charge is 0.0917 e. The van der Waals surface area contributed by atoms with Gasteiger partial charge in [-0.05, 0) is 197 Å². The molecule has 14 nitrogen and oxygen atoms in total. The van der Waals surface area contributed by atoms with E-state index in [4.69, 9.17) is 58.0 Å². The van der Waals surface area contributed by atoms with Crippen molar-refractivity contribution in [1.29, 1.82) is 0 Å². The number of aliphatic hydroxyl groups excluding tert-OH is 3. The summed E-state index contributed by atoms with van der Waals surface area (Å²) in [5.41, 5.74) is 9.48. The van der Waals surface area contributed by atoms with E-state index in [0.717, 1.165) is 146 Å². The highest BCUT2D eigenvalue weighted by molar-refractivity contribution is 6.33. The number of rotatable bonds is 10. The van der Waals surface area contributed by atoms with Gasteiger partial charge in [0.1, 0.15) is 0 Å². The maximum absolute atomic E-state index is 11.1. The zero-order valence-corrected chi connectivity index (χ0v) is 55.2. The summed E-state index contributed by atoms with van der Waals surface area (Å²) >= 11 is 30.9. The van der Waals surface area contributed by atoms with Crippen molar-refractivity contribution in [3.63, 3.8) is 0 Å². The van der Waals surface area contributed by atoms with E-state index in [1.165, 1.54) is 101 Å². The molecule has 0 aliphatic heterocycles. The molecule has 5 heterocycles. The number of fused-ring (bicyclic) bond motifs is 8. The van der Waals surface area contributed by atoms with Gasteiger partial charge in [0.2, 0.25) is 0 Å². The first-order chi connectivity index (χ1) is 43.4. The van der Waals surface area contributed by atoms with Crippen molar-refractivity contribution in [1.82, 2.24) is 51.0 Å². The van der Waals surface area contributed by atoms with E-state index in [0.29, 0.717) is 37.3 Å². The number of nitrogens with zero attached hydrogens (tertiary/aromatic N) is 5. The molecule has 0 amide bonds. The number of nitrogens with one attached hydrogen (secondary N) is 5. The monoisotopic (exact) mass is 1310 g/mol. The Bertz CT molecular complexity index is 4100. The molecule has 19 rings (SSSR count). The van der Waals surface area contributed by atoms with Crippen LogP contribution >= 0.6 is 58.0 Å². The minimum absolute atomic E-state index is 0.0530. The number of hydrogen-bond donors (Lipinski definition) is 9. The summed E-state index contributed by atoms with van der Waals surface area (Å²) in [6.07, 6.45) is 34.6. The summed E-state index contributed by atoms with van der Waals surface area (Å²) in [5, 5.41) is 86.5. The number of H-pyrrole nitrogens is 5. The molecule has 5 aromatic carbocycles. The molecular formula is C71H83Cl5N10O4. The lowest BCUT2D eigenvalue weighted by molar-refractivity contribution is -0.123. The van der Waals surface area contributed by atoms with E-state index in [2.05, 4.69) is 70.9 Å². The summed E-state index contributed by atoms with van der Waals surface area (Å²) in [4.78, 5) is 0. The third-order valence-corrected chi connectivity index (χ3v) is 23.7. The van der Waals surface area contributed by atoms with Gasteiger partial charge in [-0.2, -0.15) is 25.5 Å². The van der Waals surface area contributed by atoms with E-state index >= 15 is 0 Å². The maximum atomic E-state index is 11.1. The topological polar surface area (TPSA) is 224 Å². The highest BCUT2D eigenvalue weighted by atomic mass is 35.5. The molecule has 90 heavy (non-hydrogen) atoms. The van der Waals surface area contributed by atoms with Crippen LogP contribution in [0, 0.1) is 34.0 Å². The van der Waals surface area contributed by atoms with E-state index in [1.54, 1.807) is 24.8 Å². The van der Waals surface area contributed by atoms with Gasteiger partial charge in [0, 0.05) is 79.7 Å². The van der Waals surface area contributed by atoms with E-state index in [-0.39, 0.29) is 10.8 Å². The fraction of sp³-hybridized carbons (Fsp3) is 0.507. The van der Waals surface area contributed by atoms with Gasteiger partial charge in [-0.3, -0.25) is 25.5 Å². The molecule has 4 unspecified atom stereocenters. The molecule has 0 radical (unpaired) electrons. The summed E-state index contributed by atoms with van der Waals surface area (Å²) in [6.45, 7) is 4.52. The average Bonchev–Trinajstić information content (AvgIpc) is 2.35. The molecule has 9 aliphatic rings. The van der Waals surface area contributed by atoms with Crippen LogP contribution in [0.4, 0.5) is 0 Å². The van der Waals surface area contributed by atoms with Gasteiger partial charge in [0.25, 0.3) is 0 Å². The Morgan fingerprint density at radius 1 is 0.467 bits per heavy atom. The molecule has 476 valence electrons. The molecule has 5 aromatic heterocycles. The molecule has 4 bridgehead atoms. The van der Waals surface area contributed by atoms with Gasteiger partial charge >= 0.3 is 0 Å². The number of benzene rings is 5.